The van der Waals surface area contributed by atoms with Crippen LogP contribution in [0.25, 0.3) is 0 Å². The number of piperazine rings is 1. The van der Waals surface area contributed by atoms with Crippen molar-refractivity contribution in [3.8, 4) is 0 Å². The van der Waals surface area contributed by atoms with Gasteiger partial charge in [0.25, 0.3) is 5.91 Å². The van der Waals surface area contributed by atoms with Crippen molar-refractivity contribution in [2.24, 2.45) is 0 Å². The molecule has 160 valence electrons. The monoisotopic (exact) mass is 421 g/mol. The molecule has 2 aromatic carbocycles. The summed E-state index contributed by atoms with van der Waals surface area (Å²) < 4.78 is 20.9. The fourth-order valence-corrected chi connectivity index (χ4v) is 4.13. The van der Waals surface area contributed by atoms with Crippen molar-refractivity contribution in [2.75, 3.05) is 31.1 Å². The largest absolute Gasteiger partial charge is 0.368 e. The summed E-state index contributed by atoms with van der Waals surface area (Å²) in [4.78, 5) is 17.2. The van der Waals surface area contributed by atoms with Gasteiger partial charge in [-0.05, 0) is 36.8 Å². The Hall–Kier alpha value is -3.26. The van der Waals surface area contributed by atoms with Crippen LogP contribution in [-0.2, 0) is 17.9 Å². The van der Waals surface area contributed by atoms with Crippen molar-refractivity contribution >= 4 is 11.6 Å². The van der Waals surface area contributed by atoms with Gasteiger partial charge in [0, 0.05) is 31.9 Å². The molecule has 5 rings (SSSR count). The van der Waals surface area contributed by atoms with Crippen molar-refractivity contribution in [3.05, 3.63) is 76.9 Å². The SMILES string of the molecule is Cc1ccc(N2CCN(C(=O)c3nnn4c3CO[C@H](c3ccc(F)cc3)C4)CC2)cc1. The number of nitrogens with zero attached hydrogens (tertiary/aromatic N) is 5. The zero-order chi connectivity index (χ0) is 21.4. The quantitative estimate of drug-likeness (QED) is 0.651. The summed E-state index contributed by atoms with van der Waals surface area (Å²) in [6, 6.07) is 14.7. The molecule has 0 bridgehead atoms. The minimum absolute atomic E-state index is 0.103. The number of benzene rings is 2. The van der Waals surface area contributed by atoms with E-state index in [1.165, 1.54) is 23.4 Å². The van der Waals surface area contributed by atoms with Crippen LogP contribution in [0, 0.1) is 12.7 Å². The lowest BCUT2D eigenvalue weighted by Gasteiger charge is -2.36. The second-order valence-corrected chi connectivity index (χ2v) is 8.03. The standard InChI is InChI=1S/C23H24FN5O2/c1-16-2-8-19(9-3-16)27-10-12-28(13-11-27)23(30)22-20-15-31-21(14-29(20)26-25-22)17-4-6-18(24)7-5-17/h2-9,21H,10-15H2,1H3/t21-/m0/s1. The van der Waals surface area contributed by atoms with E-state index in [1.54, 1.807) is 16.8 Å². The van der Waals surface area contributed by atoms with Gasteiger partial charge in [0.05, 0.1) is 18.8 Å². The molecule has 31 heavy (non-hydrogen) atoms. The van der Waals surface area contributed by atoms with Crippen LogP contribution in [0.2, 0.25) is 0 Å². The molecular formula is C23H24FN5O2. The Morgan fingerprint density at radius 2 is 1.74 bits per heavy atom. The van der Waals surface area contributed by atoms with E-state index < -0.39 is 0 Å². The third kappa shape index (κ3) is 3.90. The number of carbonyl (C=O) groups excluding carboxylic acids is 1. The number of amides is 1. The van der Waals surface area contributed by atoms with Crippen molar-refractivity contribution in [1.82, 2.24) is 19.9 Å². The van der Waals surface area contributed by atoms with Gasteiger partial charge in [-0.2, -0.15) is 0 Å². The van der Waals surface area contributed by atoms with Gasteiger partial charge in [-0.3, -0.25) is 4.79 Å². The molecule has 2 aliphatic rings. The molecule has 3 aromatic rings. The summed E-state index contributed by atoms with van der Waals surface area (Å²) in [6.45, 7) is 5.60. The molecule has 1 amide bonds. The first-order valence-electron chi connectivity index (χ1n) is 10.5. The van der Waals surface area contributed by atoms with Gasteiger partial charge in [-0.25, -0.2) is 9.07 Å². The van der Waals surface area contributed by atoms with Gasteiger partial charge in [-0.15, -0.1) is 5.10 Å². The number of fused-ring (bicyclic) bond motifs is 1. The van der Waals surface area contributed by atoms with E-state index in [0.717, 1.165) is 18.7 Å². The number of aryl methyl sites for hydroxylation is 1. The van der Waals surface area contributed by atoms with Crippen LogP contribution in [0.1, 0.15) is 33.4 Å². The highest BCUT2D eigenvalue weighted by molar-refractivity contribution is 5.93. The van der Waals surface area contributed by atoms with Gasteiger partial charge in [0.2, 0.25) is 0 Å². The van der Waals surface area contributed by atoms with Crippen molar-refractivity contribution in [1.29, 1.82) is 0 Å². The summed E-state index contributed by atoms with van der Waals surface area (Å²) >= 11 is 0. The van der Waals surface area contributed by atoms with Crippen molar-refractivity contribution < 1.29 is 13.9 Å². The van der Waals surface area contributed by atoms with E-state index in [2.05, 4.69) is 46.4 Å². The highest BCUT2D eigenvalue weighted by Gasteiger charge is 2.31. The summed E-state index contributed by atoms with van der Waals surface area (Å²) in [5.41, 5.74) is 4.35. The van der Waals surface area contributed by atoms with Gasteiger partial charge < -0.3 is 14.5 Å². The molecule has 0 spiro atoms. The first kappa shape index (κ1) is 19.7. The van der Waals surface area contributed by atoms with Gasteiger partial charge in [-0.1, -0.05) is 35.0 Å². The molecule has 8 heteroatoms. The molecule has 0 aliphatic carbocycles. The fourth-order valence-electron chi connectivity index (χ4n) is 4.13. The van der Waals surface area contributed by atoms with E-state index in [9.17, 15) is 9.18 Å². The molecule has 1 saturated heterocycles. The summed E-state index contributed by atoms with van der Waals surface area (Å²) in [6.07, 6.45) is -0.240. The maximum absolute atomic E-state index is 13.2. The third-order valence-corrected chi connectivity index (χ3v) is 6.01. The number of ether oxygens (including phenoxy) is 1. The van der Waals surface area contributed by atoms with E-state index in [-0.39, 0.29) is 24.4 Å². The van der Waals surface area contributed by atoms with Crippen LogP contribution in [0.3, 0.4) is 0 Å². The molecule has 0 saturated carbocycles. The smallest absolute Gasteiger partial charge is 0.276 e. The number of aromatic nitrogens is 3. The second kappa shape index (κ2) is 8.11. The van der Waals surface area contributed by atoms with Crippen LogP contribution in [-0.4, -0.2) is 52.0 Å². The Morgan fingerprint density at radius 3 is 2.45 bits per heavy atom. The number of rotatable bonds is 3. The minimum atomic E-state index is -0.281. The van der Waals surface area contributed by atoms with Gasteiger partial charge in [0.15, 0.2) is 5.69 Å². The zero-order valence-corrected chi connectivity index (χ0v) is 17.4. The lowest BCUT2D eigenvalue weighted by atomic mass is 10.1. The normalized spacial score (nSPS) is 18.7. The number of hydrogen-bond donors (Lipinski definition) is 0. The average Bonchev–Trinajstić information content (AvgIpc) is 3.23. The molecule has 0 unspecified atom stereocenters. The maximum atomic E-state index is 13.2. The first-order valence-corrected chi connectivity index (χ1v) is 10.5. The van der Waals surface area contributed by atoms with Crippen LogP contribution < -0.4 is 4.90 Å². The predicted molar refractivity (Wildman–Crippen MR) is 113 cm³/mol. The van der Waals surface area contributed by atoms with Gasteiger partial charge >= 0.3 is 0 Å². The molecule has 1 aromatic heterocycles. The summed E-state index contributed by atoms with van der Waals surface area (Å²) in [5, 5.41) is 8.36. The fraction of sp³-hybridized carbons (Fsp3) is 0.348. The Labute approximate surface area is 180 Å². The molecule has 1 fully saturated rings. The molecule has 0 N–H and O–H groups in total. The lowest BCUT2D eigenvalue weighted by molar-refractivity contribution is -0.00199. The van der Waals surface area contributed by atoms with E-state index in [0.29, 0.717) is 31.0 Å². The van der Waals surface area contributed by atoms with Crippen LogP contribution in [0.4, 0.5) is 10.1 Å². The zero-order valence-electron chi connectivity index (χ0n) is 17.4. The van der Waals surface area contributed by atoms with Crippen LogP contribution >= 0.6 is 0 Å². The minimum Gasteiger partial charge on any atom is -0.368 e. The lowest BCUT2D eigenvalue weighted by Crippen LogP contribution is -2.49. The highest BCUT2D eigenvalue weighted by atomic mass is 19.1. The van der Waals surface area contributed by atoms with Crippen LogP contribution in [0.5, 0.6) is 0 Å². The Balaban J connectivity index is 1.24. The van der Waals surface area contributed by atoms with Crippen LogP contribution in [0.15, 0.2) is 48.5 Å². The van der Waals surface area contributed by atoms with Crippen molar-refractivity contribution in [2.45, 2.75) is 26.2 Å². The van der Waals surface area contributed by atoms with E-state index in [4.69, 9.17) is 4.74 Å². The molecule has 7 nitrogen and oxygen atoms in total. The molecule has 0 radical (unpaired) electrons. The highest BCUT2D eigenvalue weighted by Crippen LogP contribution is 2.28. The van der Waals surface area contributed by atoms with Crippen molar-refractivity contribution in [3.63, 3.8) is 0 Å². The third-order valence-electron chi connectivity index (χ3n) is 6.01. The predicted octanol–water partition coefficient (Wildman–Crippen LogP) is 2.96. The molecule has 3 heterocycles. The Bertz CT molecular complexity index is 1070. The maximum Gasteiger partial charge on any atom is 0.276 e. The second-order valence-electron chi connectivity index (χ2n) is 8.03. The number of halogens is 1. The first-order chi connectivity index (χ1) is 15.1. The summed E-state index contributed by atoms with van der Waals surface area (Å²) in [5.74, 6) is -0.384. The topological polar surface area (TPSA) is 63.5 Å². The Morgan fingerprint density at radius 1 is 1.03 bits per heavy atom. The molecular weight excluding hydrogens is 397 g/mol. The van der Waals surface area contributed by atoms with E-state index in [1.807, 2.05) is 4.90 Å². The molecule has 1 atom stereocenters. The number of hydrogen-bond acceptors (Lipinski definition) is 5. The van der Waals surface area contributed by atoms with E-state index >= 15 is 0 Å². The van der Waals surface area contributed by atoms with Gasteiger partial charge in [0.1, 0.15) is 11.9 Å². The Kier molecular flexibility index (Phi) is 5.15. The summed E-state index contributed by atoms with van der Waals surface area (Å²) in [7, 11) is 0. The number of carbonyl (C=O) groups is 1. The number of anilines is 1. The molecule has 2 aliphatic heterocycles. The average molecular weight is 421 g/mol.